The van der Waals surface area contributed by atoms with Crippen LogP contribution in [0.1, 0.15) is 18.6 Å². The molecular weight excluding hydrogens is 380 g/mol. The third-order valence-corrected chi connectivity index (χ3v) is 6.01. The van der Waals surface area contributed by atoms with Gasteiger partial charge in [0, 0.05) is 18.7 Å². The summed E-state index contributed by atoms with van der Waals surface area (Å²) in [5.74, 6) is 1.58. The Bertz CT molecular complexity index is 1030. The summed E-state index contributed by atoms with van der Waals surface area (Å²) >= 11 is 0. The molecule has 0 bridgehead atoms. The van der Waals surface area contributed by atoms with Crippen molar-refractivity contribution in [3.8, 4) is 28.1 Å². The maximum absolute atomic E-state index is 13.5. The predicted molar refractivity (Wildman–Crippen MR) is 112 cm³/mol. The van der Waals surface area contributed by atoms with Gasteiger partial charge >= 0.3 is 0 Å². The molecule has 154 valence electrons. The third kappa shape index (κ3) is 3.17. The number of carbonyl (C=O) groups excluding carboxylic acids is 1. The number of rotatable bonds is 5. The van der Waals surface area contributed by atoms with Crippen molar-refractivity contribution in [1.29, 1.82) is 0 Å². The van der Waals surface area contributed by atoms with Crippen LogP contribution in [0.5, 0.6) is 5.75 Å². The van der Waals surface area contributed by atoms with Gasteiger partial charge in [-0.1, -0.05) is 35.5 Å². The first-order valence-electron chi connectivity index (χ1n) is 10.3. The van der Waals surface area contributed by atoms with E-state index >= 15 is 0 Å². The topological polar surface area (TPSA) is 64.8 Å². The number of morpholine rings is 1. The highest BCUT2D eigenvalue weighted by Gasteiger charge is 2.57. The van der Waals surface area contributed by atoms with Gasteiger partial charge in [0.2, 0.25) is 5.91 Å². The standard InChI is InChI=1S/C24H24N2O4/c1-28-19-9-7-18(8-10-19)21-20(17-5-3-2-4-6-17)22(30-25-21)24(11-12-24)23(27)26-13-15-29-16-14-26/h2-10H,11-16H2,1H3. The van der Waals surface area contributed by atoms with E-state index in [4.69, 9.17) is 14.0 Å². The number of carbonyl (C=O) groups is 1. The summed E-state index contributed by atoms with van der Waals surface area (Å²) in [6.07, 6.45) is 1.56. The molecule has 2 heterocycles. The van der Waals surface area contributed by atoms with Crippen LogP contribution < -0.4 is 4.74 Å². The maximum atomic E-state index is 13.5. The summed E-state index contributed by atoms with van der Waals surface area (Å²) in [4.78, 5) is 15.4. The van der Waals surface area contributed by atoms with Gasteiger partial charge in [0.1, 0.15) is 16.9 Å². The van der Waals surface area contributed by atoms with E-state index in [1.807, 2.05) is 59.5 Å². The summed E-state index contributed by atoms with van der Waals surface area (Å²) < 4.78 is 16.6. The molecule has 2 aliphatic rings. The number of methoxy groups -OCH3 is 1. The fraction of sp³-hybridized carbons (Fsp3) is 0.333. The van der Waals surface area contributed by atoms with E-state index in [9.17, 15) is 4.79 Å². The van der Waals surface area contributed by atoms with Crippen molar-refractivity contribution in [2.75, 3.05) is 33.4 Å². The highest BCUT2D eigenvalue weighted by atomic mass is 16.5. The fourth-order valence-corrected chi connectivity index (χ4v) is 4.17. The van der Waals surface area contributed by atoms with Gasteiger partial charge in [-0.3, -0.25) is 4.79 Å². The van der Waals surface area contributed by atoms with E-state index < -0.39 is 5.41 Å². The van der Waals surface area contributed by atoms with E-state index in [1.54, 1.807) is 7.11 Å². The van der Waals surface area contributed by atoms with E-state index in [0.717, 1.165) is 41.0 Å². The number of nitrogens with zero attached hydrogens (tertiary/aromatic N) is 2. The lowest BCUT2D eigenvalue weighted by Gasteiger charge is -2.30. The van der Waals surface area contributed by atoms with Gasteiger partial charge in [-0.05, 0) is 42.7 Å². The Hall–Kier alpha value is -3.12. The molecule has 5 rings (SSSR count). The molecule has 30 heavy (non-hydrogen) atoms. The molecular formula is C24H24N2O4. The van der Waals surface area contributed by atoms with Crippen LogP contribution in [0, 0.1) is 0 Å². The van der Waals surface area contributed by atoms with Gasteiger partial charge in [0.25, 0.3) is 0 Å². The molecule has 6 nitrogen and oxygen atoms in total. The van der Waals surface area contributed by atoms with Gasteiger partial charge in [0.05, 0.1) is 25.9 Å². The molecule has 0 radical (unpaired) electrons. The Morgan fingerprint density at radius 1 is 1.00 bits per heavy atom. The second kappa shape index (κ2) is 7.61. The molecule has 2 fully saturated rings. The third-order valence-electron chi connectivity index (χ3n) is 6.01. The number of hydrogen-bond donors (Lipinski definition) is 0. The predicted octanol–water partition coefficient (Wildman–Crippen LogP) is 3.91. The Labute approximate surface area is 175 Å². The molecule has 0 spiro atoms. The number of amides is 1. The summed E-state index contributed by atoms with van der Waals surface area (Å²) in [7, 11) is 1.65. The minimum atomic E-state index is -0.625. The van der Waals surface area contributed by atoms with E-state index in [-0.39, 0.29) is 5.91 Å². The van der Waals surface area contributed by atoms with Crippen molar-refractivity contribution in [3.05, 3.63) is 60.4 Å². The smallest absolute Gasteiger partial charge is 0.236 e. The summed E-state index contributed by atoms with van der Waals surface area (Å²) in [6.45, 7) is 2.42. The second-order valence-electron chi connectivity index (χ2n) is 7.82. The Morgan fingerprint density at radius 2 is 1.70 bits per heavy atom. The van der Waals surface area contributed by atoms with Crippen molar-refractivity contribution < 1.29 is 18.8 Å². The van der Waals surface area contributed by atoms with Crippen LogP contribution in [0.25, 0.3) is 22.4 Å². The molecule has 1 aliphatic carbocycles. The number of hydrogen-bond acceptors (Lipinski definition) is 5. The van der Waals surface area contributed by atoms with Crippen molar-refractivity contribution in [2.45, 2.75) is 18.3 Å². The molecule has 1 aliphatic heterocycles. The molecule has 2 aromatic carbocycles. The molecule has 1 saturated carbocycles. The maximum Gasteiger partial charge on any atom is 0.236 e. The average molecular weight is 404 g/mol. The average Bonchev–Trinajstić information content (AvgIpc) is 3.51. The molecule has 3 aromatic rings. The zero-order valence-corrected chi connectivity index (χ0v) is 17.0. The Balaban J connectivity index is 1.60. The molecule has 0 unspecified atom stereocenters. The molecule has 0 atom stereocenters. The van der Waals surface area contributed by atoms with Crippen molar-refractivity contribution in [2.24, 2.45) is 0 Å². The van der Waals surface area contributed by atoms with Crippen LogP contribution >= 0.6 is 0 Å². The SMILES string of the molecule is COc1ccc(-c2noc(C3(C(=O)N4CCOCC4)CC3)c2-c2ccccc2)cc1. The lowest BCUT2D eigenvalue weighted by Crippen LogP contribution is -2.45. The highest BCUT2D eigenvalue weighted by Crippen LogP contribution is 2.54. The highest BCUT2D eigenvalue weighted by molar-refractivity contribution is 5.95. The van der Waals surface area contributed by atoms with Crippen LogP contribution in [0.2, 0.25) is 0 Å². The van der Waals surface area contributed by atoms with Crippen molar-refractivity contribution >= 4 is 5.91 Å². The Morgan fingerprint density at radius 3 is 2.33 bits per heavy atom. The van der Waals surface area contributed by atoms with Crippen LogP contribution in [0.3, 0.4) is 0 Å². The lowest BCUT2D eigenvalue weighted by molar-refractivity contribution is -0.138. The van der Waals surface area contributed by atoms with Crippen LogP contribution in [-0.4, -0.2) is 49.4 Å². The monoisotopic (exact) mass is 404 g/mol. The van der Waals surface area contributed by atoms with Gasteiger partial charge in [0.15, 0.2) is 5.76 Å². The summed E-state index contributed by atoms with van der Waals surface area (Å²) in [5, 5.41) is 4.44. The number of aromatic nitrogens is 1. The van der Waals surface area contributed by atoms with E-state index in [0.29, 0.717) is 32.1 Å². The largest absolute Gasteiger partial charge is 0.497 e. The van der Waals surface area contributed by atoms with Gasteiger partial charge < -0.3 is 18.9 Å². The van der Waals surface area contributed by atoms with Crippen molar-refractivity contribution in [1.82, 2.24) is 10.1 Å². The molecule has 6 heteroatoms. The van der Waals surface area contributed by atoms with Gasteiger partial charge in [-0.15, -0.1) is 0 Å². The summed E-state index contributed by atoms with van der Waals surface area (Å²) in [5.41, 5.74) is 2.96. The van der Waals surface area contributed by atoms with Crippen LogP contribution in [-0.2, 0) is 14.9 Å². The first-order chi connectivity index (χ1) is 14.7. The summed E-state index contributed by atoms with van der Waals surface area (Å²) in [6, 6.07) is 17.8. The second-order valence-corrected chi connectivity index (χ2v) is 7.82. The van der Waals surface area contributed by atoms with E-state index in [1.165, 1.54) is 0 Å². The molecule has 1 aromatic heterocycles. The van der Waals surface area contributed by atoms with E-state index in [2.05, 4.69) is 5.16 Å². The lowest BCUT2D eigenvalue weighted by atomic mass is 9.91. The van der Waals surface area contributed by atoms with Crippen LogP contribution in [0.4, 0.5) is 0 Å². The first kappa shape index (κ1) is 18.9. The zero-order chi connectivity index (χ0) is 20.6. The Kier molecular flexibility index (Phi) is 4.79. The molecule has 0 N–H and O–H groups in total. The quantitative estimate of drug-likeness (QED) is 0.645. The fourth-order valence-electron chi connectivity index (χ4n) is 4.17. The minimum absolute atomic E-state index is 0.125. The molecule has 1 amide bonds. The number of ether oxygens (including phenoxy) is 2. The number of benzene rings is 2. The van der Waals surface area contributed by atoms with Gasteiger partial charge in [-0.2, -0.15) is 0 Å². The zero-order valence-electron chi connectivity index (χ0n) is 17.0. The van der Waals surface area contributed by atoms with Crippen molar-refractivity contribution in [3.63, 3.8) is 0 Å². The minimum Gasteiger partial charge on any atom is -0.497 e. The van der Waals surface area contributed by atoms with Gasteiger partial charge in [-0.25, -0.2) is 0 Å². The van der Waals surface area contributed by atoms with Crippen LogP contribution in [0.15, 0.2) is 59.1 Å². The first-order valence-corrected chi connectivity index (χ1v) is 10.3. The molecule has 1 saturated heterocycles. The normalized spacial score (nSPS) is 17.6.